The fourth-order valence-electron chi connectivity index (χ4n) is 1.99. The standard InChI is InChI=1S/C16H27NO2S/c1-5-17-13(4)14-7-8-16(19-6-2)15(9-14)11-20-12(3)10-18/h7-9,12-13,17-18H,5-6,10-11H2,1-4H3. The van der Waals surface area contributed by atoms with Crippen molar-refractivity contribution in [3.8, 4) is 5.75 Å². The van der Waals surface area contributed by atoms with Crippen molar-refractivity contribution in [3.63, 3.8) is 0 Å². The molecule has 0 radical (unpaired) electrons. The van der Waals surface area contributed by atoms with Gasteiger partial charge in [-0.15, -0.1) is 0 Å². The number of rotatable bonds is 9. The maximum atomic E-state index is 9.14. The lowest BCUT2D eigenvalue weighted by Gasteiger charge is -2.17. The van der Waals surface area contributed by atoms with Gasteiger partial charge in [-0.3, -0.25) is 0 Å². The van der Waals surface area contributed by atoms with E-state index in [0.29, 0.717) is 12.6 Å². The number of hydrogen-bond donors (Lipinski definition) is 2. The molecule has 0 fully saturated rings. The van der Waals surface area contributed by atoms with Crippen LogP contribution in [0.4, 0.5) is 0 Å². The summed E-state index contributed by atoms with van der Waals surface area (Å²) < 4.78 is 5.70. The molecule has 0 aliphatic heterocycles. The molecule has 0 saturated carbocycles. The summed E-state index contributed by atoms with van der Waals surface area (Å²) in [7, 11) is 0. The fourth-order valence-corrected chi connectivity index (χ4v) is 2.78. The molecule has 1 aromatic rings. The maximum Gasteiger partial charge on any atom is 0.123 e. The average Bonchev–Trinajstić information content (AvgIpc) is 2.46. The van der Waals surface area contributed by atoms with E-state index in [0.717, 1.165) is 18.0 Å². The molecule has 0 bridgehead atoms. The van der Waals surface area contributed by atoms with Crippen LogP contribution in [0.25, 0.3) is 0 Å². The molecule has 1 rings (SSSR count). The Morgan fingerprint density at radius 2 is 2.05 bits per heavy atom. The van der Waals surface area contributed by atoms with Crippen LogP contribution in [0.1, 0.15) is 44.9 Å². The van der Waals surface area contributed by atoms with Gasteiger partial charge in [-0.05, 0) is 38.1 Å². The van der Waals surface area contributed by atoms with E-state index in [1.54, 1.807) is 11.8 Å². The van der Waals surface area contributed by atoms with Crippen molar-refractivity contribution in [3.05, 3.63) is 29.3 Å². The van der Waals surface area contributed by atoms with E-state index in [2.05, 4.69) is 37.4 Å². The summed E-state index contributed by atoms with van der Waals surface area (Å²) in [5.74, 6) is 1.82. The van der Waals surface area contributed by atoms with Crippen LogP contribution in [-0.2, 0) is 5.75 Å². The predicted molar refractivity (Wildman–Crippen MR) is 87.5 cm³/mol. The molecule has 20 heavy (non-hydrogen) atoms. The van der Waals surface area contributed by atoms with Crippen LogP contribution in [0, 0.1) is 0 Å². The highest BCUT2D eigenvalue weighted by Gasteiger charge is 2.11. The quantitative estimate of drug-likeness (QED) is 0.733. The molecule has 114 valence electrons. The molecule has 0 aromatic heterocycles. The first-order valence-electron chi connectivity index (χ1n) is 7.33. The Balaban J connectivity index is 2.87. The number of nitrogens with one attached hydrogen (secondary N) is 1. The first kappa shape index (κ1) is 17.3. The van der Waals surface area contributed by atoms with E-state index in [4.69, 9.17) is 9.84 Å². The van der Waals surface area contributed by atoms with Crippen molar-refractivity contribution in [2.75, 3.05) is 19.8 Å². The van der Waals surface area contributed by atoms with Gasteiger partial charge < -0.3 is 15.2 Å². The van der Waals surface area contributed by atoms with E-state index < -0.39 is 0 Å². The Kier molecular flexibility index (Phi) is 8.04. The highest BCUT2D eigenvalue weighted by Crippen LogP contribution is 2.28. The number of hydrogen-bond acceptors (Lipinski definition) is 4. The zero-order chi connectivity index (χ0) is 15.0. The van der Waals surface area contributed by atoms with Crippen molar-refractivity contribution in [1.82, 2.24) is 5.32 Å². The number of aliphatic hydroxyl groups is 1. The molecule has 2 atom stereocenters. The van der Waals surface area contributed by atoms with Gasteiger partial charge in [0.2, 0.25) is 0 Å². The third-order valence-corrected chi connectivity index (χ3v) is 4.37. The Hall–Kier alpha value is -0.710. The minimum absolute atomic E-state index is 0.210. The predicted octanol–water partition coefficient (Wildman–Crippen LogP) is 3.37. The highest BCUT2D eigenvalue weighted by atomic mass is 32.2. The number of thioether (sulfide) groups is 1. The fraction of sp³-hybridized carbons (Fsp3) is 0.625. The van der Waals surface area contributed by atoms with Crippen molar-refractivity contribution in [2.24, 2.45) is 0 Å². The Morgan fingerprint density at radius 1 is 1.30 bits per heavy atom. The first-order chi connectivity index (χ1) is 9.62. The van der Waals surface area contributed by atoms with Crippen LogP contribution in [0.5, 0.6) is 5.75 Å². The molecule has 3 nitrogen and oxygen atoms in total. The van der Waals surface area contributed by atoms with Crippen LogP contribution >= 0.6 is 11.8 Å². The SMILES string of the molecule is CCNC(C)c1ccc(OCC)c(CSC(C)CO)c1. The summed E-state index contributed by atoms with van der Waals surface area (Å²) in [4.78, 5) is 0. The summed E-state index contributed by atoms with van der Waals surface area (Å²) in [6, 6.07) is 6.75. The third-order valence-electron chi connectivity index (χ3n) is 3.18. The lowest BCUT2D eigenvalue weighted by atomic mass is 10.0. The largest absolute Gasteiger partial charge is 0.494 e. The van der Waals surface area contributed by atoms with Gasteiger partial charge in [0.05, 0.1) is 13.2 Å². The summed E-state index contributed by atoms with van der Waals surface area (Å²) >= 11 is 1.75. The Morgan fingerprint density at radius 3 is 2.65 bits per heavy atom. The topological polar surface area (TPSA) is 41.5 Å². The molecule has 0 amide bonds. The van der Waals surface area contributed by atoms with Gasteiger partial charge in [-0.25, -0.2) is 0 Å². The van der Waals surface area contributed by atoms with Gasteiger partial charge in [0.1, 0.15) is 5.75 Å². The molecular formula is C16H27NO2S. The van der Waals surface area contributed by atoms with Crippen molar-refractivity contribution in [1.29, 1.82) is 0 Å². The van der Waals surface area contributed by atoms with E-state index >= 15 is 0 Å². The highest BCUT2D eigenvalue weighted by molar-refractivity contribution is 7.99. The van der Waals surface area contributed by atoms with Gasteiger partial charge in [0.25, 0.3) is 0 Å². The first-order valence-corrected chi connectivity index (χ1v) is 8.38. The number of ether oxygens (including phenoxy) is 1. The lowest BCUT2D eigenvalue weighted by molar-refractivity contribution is 0.300. The summed E-state index contributed by atoms with van der Waals surface area (Å²) in [5, 5.41) is 12.8. The normalized spacial score (nSPS) is 14.1. The van der Waals surface area contributed by atoms with Gasteiger partial charge in [-0.2, -0.15) is 11.8 Å². The molecule has 0 aliphatic rings. The minimum Gasteiger partial charge on any atom is -0.494 e. The smallest absolute Gasteiger partial charge is 0.123 e. The van der Waals surface area contributed by atoms with Gasteiger partial charge in [0.15, 0.2) is 0 Å². The summed E-state index contributed by atoms with van der Waals surface area (Å²) in [5.41, 5.74) is 2.49. The lowest BCUT2D eigenvalue weighted by Crippen LogP contribution is -2.17. The van der Waals surface area contributed by atoms with E-state index in [1.165, 1.54) is 11.1 Å². The van der Waals surface area contributed by atoms with Crippen LogP contribution in [0.3, 0.4) is 0 Å². The molecule has 0 heterocycles. The molecule has 1 aromatic carbocycles. The van der Waals surface area contributed by atoms with Gasteiger partial charge in [0, 0.05) is 22.6 Å². The van der Waals surface area contributed by atoms with Crippen molar-refractivity contribution >= 4 is 11.8 Å². The average molecular weight is 297 g/mol. The number of benzene rings is 1. The Labute approximate surface area is 127 Å². The van der Waals surface area contributed by atoms with E-state index in [-0.39, 0.29) is 11.9 Å². The van der Waals surface area contributed by atoms with E-state index in [9.17, 15) is 0 Å². The molecule has 2 unspecified atom stereocenters. The van der Waals surface area contributed by atoms with Crippen LogP contribution < -0.4 is 10.1 Å². The zero-order valence-corrected chi connectivity index (χ0v) is 13.8. The number of aliphatic hydroxyl groups excluding tert-OH is 1. The van der Waals surface area contributed by atoms with Crippen LogP contribution in [0.15, 0.2) is 18.2 Å². The maximum absolute atomic E-state index is 9.14. The van der Waals surface area contributed by atoms with Gasteiger partial charge >= 0.3 is 0 Å². The monoisotopic (exact) mass is 297 g/mol. The van der Waals surface area contributed by atoms with Crippen LogP contribution in [-0.4, -0.2) is 30.1 Å². The summed E-state index contributed by atoms with van der Waals surface area (Å²) in [6.45, 7) is 10.2. The minimum atomic E-state index is 0.210. The van der Waals surface area contributed by atoms with Crippen molar-refractivity contribution in [2.45, 2.75) is 44.7 Å². The molecule has 0 spiro atoms. The van der Waals surface area contributed by atoms with E-state index in [1.807, 2.05) is 13.8 Å². The molecular weight excluding hydrogens is 270 g/mol. The molecule has 0 aliphatic carbocycles. The molecule has 2 N–H and O–H groups in total. The van der Waals surface area contributed by atoms with Crippen molar-refractivity contribution < 1.29 is 9.84 Å². The van der Waals surface area contributed by atoms with Crippen LogP contribution in [0.2, 0.25) is 0 Å². The molecule has 4 heteroatoms. The second-order valence-corrected chi connectivity index (χ2v) is 6.31. The zero-order valence-electron chi connectivity index (χ0n) is 13.0. The van der Waals surface area contributed by atoms with Gasteiger partial charge in [-0.1, -0.05) is 19.9 Å². The Bertz CT molecular complexity index is 398. The second kappa shape index (κ2) is 9.27. The second-order valence-electron chi connectivity index (χ2n) is 4.88. The third kappa shape index (κ3) is 5.35. The summed E-state index contributed by atoms with van der Waals surface area (Å²) in [6.07, 6.45) is 0. The molecule has 0 saturated heterocycles.